The lowest BCUT2D eigenvalue weighted by Gasteiger charge is -2.13. The average molecular weight is 477 g/mol. The number of aromatic nitrogens is 2. The van der Waals surface area contributed by atoms with E-state index >= 15 is 0 Å². The lowest BCUT2D eigenvalue weighted by Crippen LogP contribution is -2.28. The van der Waals surface area contributed by atoms with Crippen LogP contribution in [0.15, 0.2) is 104 Å². The largest absolute Gasteiger partial charge is 0.399 e. The van der Waals surface area contributed by atoms with Crippen LogP contribution < -0.4 is 30.8 Å². The van der Waals surface area contributed by atoms with Crippen molar-refractivity contribution in [1.82, 2.24) is 0 Å². The third-order valence-electron chi connectivity index (χ3n) is 6.01. The molecule has 0 saturated heterocycles. The molecule has 0 atom stereocenters. The highest BCUT2D eigenvalue weighted by atomic mass is 16.1. The summed E-state index contributed by atoms with van der Waals surface area (Å²) in [6.45, 7) is 0. The van der Waals surface area contributed by atoms with Gasteiger partial charge >= 0.3 is 0 Å². The maximum Gasteiger partial charge on any atom is 0.255 e. The van der Waals surface area contributed by atoms with E-state index in [1.807, 2.05) is 122 Å². The maximum atomic E-state index is 13.0. The van der Waals surface area contributed by atoms with E-state index in [2.05, 4.69) is 20.5 Å². The SMILES string of the molecule is C[n+]1ccc(Nc2ccccc2NC(=O)c2ccc(Nc3cc[n+](C)c4ccc(N)cc34)cc2)cc1. The van der Waals surface area contributed by atoms with Gasteiger partial charge in [0, 0.05) is 41.2 Å². The second kappa shape index (κ2) is 9.76. The minimum Gasteiger partial charge on any atom is -0.399 e. The van der Waals surface area contributed by atoms with E-state index in [9.17, 15) is 4.79 Å². The van der Waals surface area contributed by atoms with E-state index in [0.29, 0.717) is 16.9 Å². The van der Waals surface area contributed by atoms with Crippen LogP contribution in [0.25, 0.3) is 10.9 Å². The van der Waals surface area contributed by atoms with E-state index < -0.39 is 0 Å². The van der Waals surface area contributed by atoms with Crippen LogP contribution in [-0.2, 0) is 14.1 Å². The van der Waals surface area contributed by atoms with Gasteiger partial charge in [-0.15, -0.1) is 0 Å². The lowest BCUT2D eigenvalue weighted by molar-refractivity contribution is -0.671. The van der Waals surface area contributed by atoms with Crippen LogP contribution in [0.1, 0.15) is 10.4 Å². The Hall–Kier alpha value is -4.91. The van der Waals surface area contributed by atoms with E-state index in [1.165, 1.54) is 0 Å². The molecule has 5 aromatic rings. The minimum absolute atomic E-state index is 0.180. The molecule has 0 fully saturated rings. The number of carbonyl (C=O) groups excluding carboxylic acids is 1. The number of anilines is 6. The number of hydrogen-bond donors (Lipinski definition) is 4. The Morgan fingerprint density at radius 2 is 1.39 bits per heavy atom. The Morgan fingerprint density at radius 1 is 0.722 bits per heavy atom. The standard InChI is InChI=1S/C29H26N6O/c1-34-16-13-23(14-17-34)32-26-5-3-4-6-27(26)33-29(36)20-7-10-22(11-8-20)31-25-15-18-35(2)28-12-9-21(30)19-24(25)28/h3-19H,30H2,1-2H3,(H,33,36)/p+2. The summed E-state index contributed by atoms with van der Waals surface area (Å²) in [7, 11) is 3.97. The molecule has 178 valence electrons. The van der Waals surface area contributed by atoms with Crippen LogP contribution in [0.5, 0.6) is 0 Å². The molecule has 1 amide bonds. The van der Waals surface area contributed by atoms with E-state index in [-0.39, 0.29) is 5.91 Å². The first-order valence-electron chi connectivity index (χ1n) is 11.6. The molecule has 36 heavy (non-hydrogen) atoms. The first-order chi connectivity index (χ1) is 17.5. The molecule has 0 aliphatic heterocycles. The number of fused-ring (bicyclic) bond motifs is 1. The summed E-state index contributed by atoms with van der Waals surface area (Å²) in [5.41, 5.74) is 12.7. The summed E-state index contributed by atoms with van der Waals surface area (Å²) < 4.78 is 4.02. The Bertz CT molecular complexity index is 1550. The van der Waals surface area contributed by atoms with Gasteiger partial charge in [-0.05, 0) is 48.5 Å². The fourth-order valence-electron chi connectivity index (χ4n) is 4.04. The van der Waals surface area contributed by atoms with Crippen molar-refractivity contribution in [3.63, 3.8) is 0 Å². The summed E-state index contributed by atoms with van der Waals surface area (Å²) in [4.78, 5) is 13.0. The zero-order valence-electron chi connectivity index (χ0n) is 20.2. The van der Waals surface area contributed by atoms with Crippen LogP contribution in [0, 0.1) is 0 Å². The van der Waals surface area contributed by atoms with Crippen molar-refractivity contribution in [2.45, 2.75) is 0 Å². The van der Waals surface area contributed by atoms with E-state index in [1.54, 1.807) is 0 Å². The zero-order chi connectivity index (χ0) is 25.1. The summed E-state index contributed by atoms with van der Waals surface area (Å²) >= 11 is 0. The van der Waals surface area contributed by atoms with Crippen molar-refractivity contribution < 1.29 is 13.9 Å². The summed E-state index contributed by atoms with van der Waals surface area (Å²) in [5, 5.41) is 10.9. The molecule has 5 N–H and O–H groups in total. The summed E-state index contributed by atoms with van der Waals surface area (Å²) in [6.07, 6.45) is 5.93. The summed E-state index contributed by atoms with van der Waals surface area (Å²) in [5.74, 6) is -0.180. The highest BCUT2D eigenvalue weighted by molar-refractivity contribution is 6.06. The monoisotopic (exact) mass is 476 g/mol. The second-order valence-electron chi connectivity index (χ2n) is 8.70. The number of nitrogen functional groups attached to an aromatic ring is 1. The number of carbonyl (C=O) groups is 1. The van der Waals surface area contributed by atoms with Gasteiger partial charge in [0.15, 0.2) is 18.6 Å². The maximum absolute atomic E-state index is 13.0. The van der Waals surface area contributed by atoms with Gasteiger partial charge in [-0.25, -0.2) is 9.13 Å². The first-order valence-corrected chi connectivity index (χ1v) is 11.6. The van der Waals surface area contributed by atoms with Crippen LogP contribution in [0.2, 0.25) is 0 Å². The molecule has 0 radical (unpaired) electrons. The smallest absolute Gasteiger partial charge is 0.255 e. The van der Waals surface area contributed by atoms with Gasteiger partial charge in [0.1, 0.15) is 14.1 Å². The van der Waals surface area contributed by atoms with Crippen LogP contribution >= 0.6 is 0 Å². The third-order valence-corrected chi connectivity index (χ3v) is 6.01. The number of rotatable bonds is 6. The molecule has 7 heteroatoms. The Labute approximate surface area is 209 Å². The van der Waals surface area contributed by atoms with Crippen molar-refractivity contribution in [1.29, 1.82) is 0 Å². The van der Waals surface area contributed by atoms with Crippen molar-refractivity contribution in [2.24, 2.45) is 14.1 Å². The van der Waals surface area contributed by atoms with Gasteiger partial charge in [-0.3, -0.25) is 4.79 Å². The molecule has 0 unspecified atom stereocenters. The molecular formula is C29H28N6O+2. The fourth-order valence-corrected chi connectivity index (χ4v) is 4.04. The van der Waals surface area contributed by atoms with Crippen LogP contribution in [-0.4, -0.2) is 5.91 Å². The number of nitrogens with two attached hydrogens (primary N) is 1. The number of nitrogens with zero attached hydrogens (tertiary/aromatic N) is 2. The van der Waals surface area contributed by atoms with Crippen molar-refractivity contribution in [3.05, 3.63) is 109 Å². The third kappa shape index (κ3) is 4.95. The van der Waals surface area contributed by atoms with Crippen LogP contribution in [0.4, 0.5) is 34.1 Å². The van der Waals surface area contributed by atoms with E-state index in [0.717, 1.165) is 33.7 Å². The number of para-hydroxylation sites is 2. The zero-order valence-corrected chi connectivity index (χ0v) is 20.2. The van der Waals surface area contributed by atoms with Crippen LogP contribution in [0.3, 0.4) is 0 Å². The van der Waals surface area contributed by atoms with Gasteiger partial charge < -0.3 is 21.7 Å². The molecule has 2 heterocycles. The molecule has 7 nitrogen and oxygen atoms in total. The Morgan fingerprint density at radius 3 is 2.14 bits per heavy atom. The topological polar surface area (TPSA) is 86.9 Å². The van der Waals surface area contributed by atoms with Gasteiger partial charge in [0.2, 0.25) is 5.52 Å². The number of aryl methyl sites for hydroxylation is 2. The quantitative estimate of drug-likeness (QED) is 0.209. The molecule has 0 aliphatic rings. The minimum atomic E-state index is -0.180. The van der Waals surface area contributed by atoms with Crippen molar-refractivity contribution in [2.75, 3.05) is 21.7 Å². The predicted molar refractivity (Wildman–Crippen MR) is 145 cm³/mol. The van der Waals surface area contributed by atoms with Crippen molar-refractivity contribution >= 4 is 50.9 Å². The fraction of sp³-hybridized carbons (Fsp3) is 0.0690. The van der Waals surface area contributed by atoms with Gasteiger partial charge in [0.25, 0.3) is 5.91 Å². The normalized spacial score (nSPS) is 10.7. The molecule has 0 aliphatic carbocycles. The molecular weight excluding hydrogens is 448 g/mol. The predicted octanol–water partition coefficient (Wildman–Crippen LogP) is 4.81. The molecule has 5 rings (SSSR count). The van der Waals surface area contributed by atoms with E-state index in [4.69, 9.17) is 5.73 Å². The highest BCUT2D eigenvalue weighted by Crippen LogP contribution is 2.27. The molecule has 2 aromatic heterocycles. The van der Waals surface area contributed by atoms with Gasteiger partial charge in [-0.2, -0.15) is 0 Å². The number of pyridine rings is 2. The van der Waals surface area contributed by atoms with Crippen molar-refractivity contribution in [3.8, 4) is 0 Å². The molecule has 3 aromatic carbocycles. The Kier molecular flexibility index (Phi) is 6.19. The second-order valence-corrected chi connectivity index (χ2v) is 8.70. The van der Waals surface area contributed by atoms with Gasteiger partial charge in [0.05, 0.1) is 28.1 Å². The average Bonchev–Trinajstić information content (AvgIpc) is 2.88. The molecule has 0 saturated carbocycles. The van der Waals surface area contributed by atoms with Gasteiger partial charge in [-0.1, -0.05) is 12.1 Å². The first kappa shape index (κ1) is 22.9. The highest BCUT2D eigenvalue weighted by Gasteiger charge is 2.12. The number of hydrogen-bond acceptors (Lipinski definition) is 4. The lowest BCUT2D eigenvalue weighted by atomic mass is 10.1. The summed E-state index contributed by atoms with van der Waals surface area (Å²) in [6, 6.07) is 26.9. The molecule has 0 bridgehead atoms. The molecule has 0 spiro atoms. The number of nitrogens with one attached hydrogen (secondary N) is 3. The Balaban J connectivity index is 1.32. The number of amides is 1. The number of benzene rings is 3.